The van der Waals surface area contributed by atoms with Crippen LogP contribution in [0.25, 0.3) is 11.4 Å². The van der Waals surface area contributed by atoms with Crippen molar-refractivity contribution in [1.82, 2.24) is 19.9 Å². The second kappa shape index (κ2) is 6.53. The van der Waals surface area contributed by atoms with Crippen molar-refractivity contribution in [1.29, 1.82) is 0 Å². The summed E-state index contributed by atoms with van der Waals surface area (Å²) in [6, 6.07) is 6.31. The molecule has 2 aromatic heterocycles. The maximum absolute atomic E-state index is 13.5. The smallest absolute Gasteiger partial charge is 0.266 e. The number of rotatable bonds is 3. The van der Waals surface area contributed by atoms with Crippen LogP contribution < -0.4 is 5.73 Å². The lowest BCUT2D eigenvalue weighted by atomic mass is 10.1. The number of imidazole rings is 1. The van der Waals surface area contributed by atoms with E-state index in [4.69, 9.17) is 5.73 Å². The zero-order valence-electron chi connectivity index (χ0n) is 14.3. The Bertz CT molecular complexity index is 980. The summed E-state index contributed by atoms with van der Waals surface area (Å²) in [5, 5.41) is 0.415. The average Bonchev–Trinajstić information content (AvgIpc) is 3.23. The first-order chi connectivity index (χ1) is 12.5. The van der Waals surface area contributed by atoms with E-state index in [2.05, 4.69) is 15.0 Å². The first kappa shape index (κ1) is 16.7. The number of amides is 1. The van der Waals surface area contributed by atoms with Gasteiger partial charge in [-0.15, -0.1) is 0 Å². The van der Waals surface area contributed by atoms with Gasteiger partial charge in [0, 0.05) is 18.5 Å². The van der Waals surface area contributed by atoms with Gasteiger partial charge in [0.05, 0.1) is 23.6 Å². The molecule has 0 saturated heterocycles. The fourth-order valence-electron chi connectivity index (χ4n) is 3.16. The van der Waals surface area contributed by atoms with Gasteiger partial charge >= 0.3 is 0 Å². The fraction of sp³-hybridized carbons (Fsp3) is 0.278. The molecule has 1 amide bonds. The van der Waals surface area contributed by atoms with Gasteiger partial charge in [-0.1, -0.05) is 30.4 Å². The zero-order valence-corrected chi connectivity index (χ0v) is 15.1. The number of H-pyrrole nitrogens is 1. The standard InChI is InChI=1S/C18H18FN5OS/c1-2-12-15(26-18(20)23-12)17(25)24-7-6-13-14(9-24)22-16(21-13)10-4-3-5-11(19)8-10/h3-5,8H,2,6-7,9H2,1H3,(H2,20,23)(H,21,22). The number of aryl methyl sites for hydroxylation is 1. The number of thiazole rings is 1. The lowest BCUT2D eigenvalue weighted by Gasteiger charge is -2.25. The number of carbonyl (C=O) groups excluding carboxylic acids is 1. The first-order valence-corrected chi connectivity index (χ1v) is 9.25. The van der Waals surface area contributed by atoms with E-state index < -0.39 is 0 Å². The number of benzene rings is 1. The highest BCUT2D eigenvalue weighted by Crippen LogP contribution is 2.27. The Hall–Kier alpha value is -2.74. The minimum absolute atomic E-state index is 0.0522. The number of nitrogens with one attached hydrogen (secondary N) is 1. The summed E-state index contributed by atoms with van der Waals surface area (Å²) in [5.41, 5.74) is 9.02. The molecule has 0 radical (unpaired) electrons. The Labute approximate surface area is 153 Å². The highest BCUT2D eigenvalue weighted by Gasteiger charge is 2.27. The van der Waals surface area contributed by atoms with Crippen LogP contribution >= 0.6 is 11.3 Å². The maximum Gasteiger partial charge on any atom is 0.266 e. The van der Waals surface area contributed by atoms with E-state index in [0.29, 0.717) is 47.3 Å². The van der Waals surface area contributed by atoms with Crippen LogP contribution in [0.2, 0.25) is 0 Å². The van der Waals surface area contributed by atoms with Crippen molar-refractivity contribution in [2.45, 2.75) is 26.3 Å². The molecule has 1 aliphatic heterocycles. The van der Waals surface area contributed by atoms with Crippen LogP contribution in [0.15, 0.2) is 24.3 Å². The molecule has 1 aromatic carbocycles. The molecule has 1 aliphatic rings. The first-order valence-electron chi connectivity index (χ1n) is 8.43. The Morgan fingerprint density at radius 1 is 1.42 bits per heavy atom. The van der Waals surface area contributed by atoms with Crippen molar-refractivity contribution in [3.8, 4) is 11.4 Å². The van der Waals surface area contributed by atoms with Gasteiger partial charge < -0.3 is 15.6 Å². The lowest BCUT2D eigenvalue weighted by Crippen LogP contribution is -2.36. The van der Waals surface area contributed by atoms with Gasteiger partial charge in [0.25, 0.3) is 5.91 Å². The minimum Gasteiger partial charge on any atom is -0.375 e. The number of carbonyl (C=O) groups is 1. The van der Waals surface area contributed by atoms with Gasteiger partial charge in [-0.2, -0.15) is 0 Å². The Morgan fingerprint density at radius 3 is 3.04 bits per heavy atom. The predicted octanol–water partition coefficient (Wildman–Crippen LogP) is 3.02. The Morgan fingerprint density at radius 2 is 2.27 bits per heavy atom. The fourth-order valence-corrected chi connectivity index (χ4v) is 4.05. The molecule has 0 unspecified atom stereocenters. The van der Waals surface area contributed by atoms with Crippen LogP contribution in [0.1, 0.15) is 33.7 Å². The van der Waals surface area contributed by atoms with E-state index in [0.717, 1.165) is 17.1 Å². The molecule has 8 heteroatoms. The van der Waals surface area contributed by atoms with Crippen LogP contribution in [0.4, 0.5) is 9.52 Å². The number of nitrogens with zero attached hydrogens (tertiary/aromatic N) is 3. The Balaban J connectivity index is 1.59. The summed E-state index contributed by atoms with van der Waals surface area (Å²) < 4.78 is 13.5. The third-order valence-electron chi connectivity index (χ3n) is 4.46. The van der Waals surface area contributed by atoms with E-state index in [-0.39, 0.29) is 11.7 Å². The minimum atomic E-state index is -0.302. The van der Waals surface area contributed by atoms with Gasteiger partial charge in [0.2, 0.25) is 0 Å². The number of nitrogens with two attached hydrogens (primary N) is 1. The number of halogens is 1. The van der Waals surface area contributed by atoms with Crippen LogP contribution in [-0.4, -0.2) is 32.3 Å². The molecule has 4 rings (SSSR count). The molecule has 6 nitrogen and oxygen atoms in total. The Kier molecular flexibility index (Phi) is 4.20. The molecule has 0 atom stereocenters. The molecular formula is C18H18FN5OS. The number of aromatic nitrogens is 3. The van der Waals surface area contributed by atoms with E-state index >= 15 is 0 Å². The monoisotopic (exact) mass is 371 g/mol. The van der Waals surface area contributed by atoms with E-state index in [9.17, 15) is 9.18 Å². The molecule has 26 heavy (non-hydrogen) atoms. The third-order valence-corrected chi connectivity index (χ3v) is 5.37. The molecule has 0 aliphatic carbocycles. The molecule has 3 N–H and O–H groups in total. The quantitative estimate of drug-likeness (QED) is 0.741. The summed E-state index contributed by atoms with van der Waals surface area (Å²) in [6.45, 7) is 2.98. The number of aromatic amines is 1. The van der Waals surface area contributed by atoms with Crippen molar-refractivity contribution >= 4 is 22.4 Å². The second-order valence-electron chi connectivity index (χ2n) is 6.18. The number of hydrogen-bond acceptors (Lipinski definition) is 5. The van der Waals surface area contributed by atoms with Gasteiger partial charge in [-0.3, -0.25) is 4.79 Å². The summed E-state index contributed by atoms with van der Waals surface area (Å²) in [6.07, 6.45) is 1.32. The molecule has 0 bridgehead atoms. The highest BCUT2D eigenvalue weighted by molar-refractivity contribution is 7.17. The normalized spacial score (nSPS) is 13.7. The average molecular weight is 371 g/mol. The van der Waals surface area contributed by atoms with Gasteiger partial charge in [0.1, 0.15) is 16.5 Å². The summed E-state index contributed by atoms with van der Waals surface area (Å²) in [5.74, 6) is 0.271. The van der Waals surface area contributed by atoms with E-state index in [1.54, 1.807) is 11.0 Å². The largest absolute Gasteiger partial charge is 0.375 e. The van der Waals surface area contributed by atoms with Crippen molar-refractivity contribution in [2.75, 3.05) is 12.3 Å². The SMILES string of the molecule is CCc1nc(N)sc1C(=O)N1CCc2nc(-c3cccc(F)c3)[nH]c2C1. The van der Waals surface area contributed by atoms with Gasteiger partial charge in [-0.25, -0.2) is 14.4 Å². The van der Waals surface area contributed by atoms with Crippen molar-refractivity contribution in [3.05, 3.63) is 52.0 Å². The third kappa shape index (κ3) is 2.96. The molecular weight excluding hydrogens is 353 g/mol. The topological polar surface area (TPSA) is 87.9 Å². The van der Waals surface area contributed by atoms with Crippen molar-refractivity contribution < 1.29 is 9.18 Å². The molecule has 0 spiro atoms. The number of anilines is 1. The number of nitrogen functional groups attached to an aromatic ring is 1. The van der Waals surface area contributed by atoms with E-state index in [1.807, 2.05) is 13.0 Å². The molecule has 3 aromatic rings. The van der Waals surface area contributed by atoms with Crippen LogP contribution in [0.5, 0.6) is 0 Å². The van der Waals surface area contributed by atoms with Crippen LogP contribution in [0.3, 0.4) is 0 Å². The lowest BCUT2D eigenvalue weighted by molar-refractivity contribution is 0.0735. The van der Waals surface area contributed by atoms with Crippen molar-refractivity contribution in [2.24, 2.45) is 0 Å². The summed E-state index contributed by atoms with van der Waals surface area (Å²) in [4.78, 5) is 27.3. The zero-order chi connectivity index (χ0) is 18.3. The van der Waals surface area contributed by atoms with Gasteiger partial charge in [0.15, 0.2) is 5.13 Å². The number of hydrogen-bond donors (Lipinski definition) is 2. The highest BCUT2D eigenvalue weighted by atomic mass is 32.1. The van der Waals surface area contributed by atoms with Gasteiger partial charge in [-0.05, 0) is 18.6 Å². The molecule has 0 fully saturated rings. The molecule has 0 saturated carbocycles. The van der Waals surface area contributed by atoms with Crippen LogP contribution in [-0.2, 0) is 19.4 Å². The molecule has 3 heterocycles. The summed E-state index contributed by atoms with van der Waals surface area (Å²) in [7, 11) is 0. The van der Waals surface area contributed by atoms with Crippen molar-refractivity contribution in [3.63, 3.8) is 0 Å². The second-order valence-corrected chi connectivity index (χ2v) is 7.21. The predicted molar refractivity (Wildman–Crippen MR) is 98.3 cm³/mol. The maximum atomic E-state index is 13.5. The number of fused-ring (bicyclic) bond motifs is 1. The van der Waals surface area contributed by atoms with Crippen LogP contribution in [0, 0.1) is 5.82 Å². The molecule has 134 valence electrons. The summed E-state index contributed by atoms with van der Waals surface area (Å²) >= 11 is 1.23. The van der Waals surface area contributed by atoms with E-state index in [1.165, 1.54) is 23.5 Å².